The SMILES string of the molecule is CCC(/C=C\N)C1CCCC(C2CCC(C(C)C/C=C(\CNC3CCC4C=CCCC4C3)C3CC=C4CCC=CC4C3)=C3CCCCC32)C1. The van der Waals surface area contributed by atoms with E-state index in [0.717, 1.165) is 42.1 Å². The Bertz CT molecular complexity index is 1280. The lowest BCUT2D eigenvalue weighted by Gasteiger charge is -2.46. The van der Waals surface area contributed by atoms with E-state index in [9.17, 15) is 0 Å². The summed E-state index contributed by atoms with van der Waals surface area (Å²) in [5, 5.41) is 4.18. The highest BCUT2D eigenvalue weighted by atomic mass is 14.9. The van der Waals surface area contributed by atoms with Crippen molar-refractivity contribution in [2.45, 2.75) is 155 Å². The first kappa shape index (κ1) is 35.6. The molecule has 0 aliphatic heterocycles. The second kappa shape index (κ2) is 17.1. The van der Waals surface area contributed by atoms with E-state index in [1.807, 2.05) is 17.3 Å². The fourth-order valence-corrected chi connectivity index (χ4v) is 12.6. The number of nitrogens with two attached hydrogens (primary N) is 1. The molecule has 0 spiro atoms. The third kappa shape index (κ3) is 8.47. The number of nitrogens with one attached hydrogen (secondary N) is 1. The highest BCUT2D eigenvalue weighted by Gasteiger charge is 2.40. The van der Waals surface area contributed by atoms with Crippen molar-refractivity contribution in [2.24, 2.45) is 64.9 Å². The second-order valence-corrected chi connectivity index (χ2v) is 18.0. The molecule has 3 saturated carbocycles. The van der Waals surface area contributed by atoms with Gasteiger partial charge in [0.05, 0.1) is 0 Å². The molecule has 11 unspecified atom stereocenters. The summed E-state index contributed by atoms with van der Waals surface area (Å²) in [6.07, 6.45) is 48.5. The van der Waals surface area contributed by atoms with E-state index in [2.05, 4.69) is 61.7 Å². The number of hydrogen-bond donors (Lipinski definition) is 2. The molecule has 2 heteroatoms. The molecule has 7 aliphatic rings. The minimum absolute atomic E-state index is 0.684. The molecule has 49 heavy (non-hydrogen) atoms. The molecule has 3 fully saturated rings. The van der Waals surface area contributed by atoms with Crippen LogP contribution in [0.4, 0.5) is 0 Å². The van der Waals surface area contributed by atoms with Gasteiger partial charge in [-0.1, -0.05) is 97.9 Å². The Morgan fingerprint density at radius 2 is 1.82 bits per heavy atom. The molecular formula is C47H72N2. The van der Waals surface area contributed by atoms with Gasteiger partial charge in [-0.15, -0.1) is 0 Å². The minimum atomic E-state index is 0.684. The van der Waals surface area contributed by atoms with Crippen LogP contribution in [0.1, 0.15) is 149 Å². The molecular weight excluding hydrogens is 593 g/mol. The van der Waals surface area contributed by atoms with Crippen LogP contribution in [0, 0.1) is 59.2 Å². The molecule has 0 amide bonds. The smallest absolute Gasteiger partial charge is 0.0170 e. The zero-order valence-corrected chi connectivity index (χ0v) is 31.6. The normalized spacial score (nSPS) is 38.0. The fourth-order valence-electron chi connectivity index (χ4n) is 12.6. The van der Waals surface area contributed by atoms with Crippen molar-refractivity contribution in [2.75, 3.05) is 6.54 Å². The van der Waals surface area contributed by atoms with Crippen LogP contribution in [0.3, 0.4) is 0 Å². The summed E-state index contributed by atoms with van der Waals surface area (Å²) in [4.78, 5) is 0. The van der Waals surface area contributed by atoms with Gasteiger partial charge in [-0.3, -0.25) is 0 Å². The maximum atomic E-state index is 5.90. The third-order valence-corrected chi connectivity index (χ3v) is 15.4. The predicted octanol–water partition coefficient (Wildman–Crippen LogP) is 12.2. The van der Waals surface area contributed by atoms with Crippen molar-refractivity contribution in [3.8, 4) is 0 Å². The Labute approximate surface area is 301 Å². The lowest BCUT2D eigenvalue weighted by Crippen LogP contribution is -2.39. The van der Waals surface area contributed by atoms with Crippen LogP contribution in [0.2, 0.25) is 0 Å². The summed E-state index contributed by atoms with van der Waals surface area (Å²) in [6.45, 7) is 6.10. The van der Waals surface area contributed by atoms with Crippen LogP contribution < -0.4 is 11.1 Å². The monoisotopic (exact) mass is 665 g/mol. The van der Waals surface area contributed by atoms with Gasteiger partial charge < -0.3 is 11.1 Å². The second-order valence-electron chi connectivity index (χ2n) is 18.0. The van der Waals surface area contributed by atoms with E-state index < -0.39 is 0 Å². The zero-order chi connectivity index (χ0) is 33.6. The van der Waals surface area contributed by atoms with E-state index in [1.165, 1.54) is 135 Å². The maximum absolute atomic E-state index is 5.90. The van der Waals surface area contributed by atoms with Crippen molar-refractivity contribution in [3.05, 3.63) is 71.0 Å². The Hall–Kier alpha value is -1.80. The van der Waals surface area contributed by atoms with Crippen molar-refractivity contribution < 1.29 is 0 Å². The molecule has 270 valence electrons. The third-order valence-electron chi connectivity index (χ3n) is 15.4. The highest BCUT2D eigenvalue weighted by Crippen LogP contribution is 2.52. The number of rotatable bonds is 11. The van der Waals surface area contributed by atoms with E-state index >= 15 is 0 Å². The van der Waals surface area contributed by atoms with Crippen LogP contribution in [-0.4, -0.2) is 12.6 Å². The molecule has 2 nitrogen and oxygen atoms in total. The van der Waals surface area contributed by atoms with Crippen molar-refractivity contribution in [1.29, 1.82) is 0 Å². The molecule has 0 saturated heterocycles. The summed E-state index contributed by atoms with van der Waals surface area (Å²) in [7, 11) is 0. The summed E-state index contributed by atoms with van der Waals surface area (Å²) in [6, 6.07) is 0.708. The van der Waals surface area contributed by atoms with Crippen molar-refractivity contribution in [1.82, 2.24) is 5.32 Å². The molecule has 3 N–H and O–H groups in total. The zero-order valence-electron chi connectivity index (χ0n) is 31.6. The van der Waals surface area contributed by atoms with Crippen LogP contribution in [0.5, 0.6) is 0 Å². The van der Waals surface area contributed by atoms with Gasteiger partial charge in [0, 0.05) is 12.6 Å². The van der Waals surface area contributed by atoms with E-state index in [1.54, 1.807) is 11.1 Å². The molecule has 11 atom stereocenters. The first-order valence-corrected chi connectivity index (χ1v) is 21.7. The Morgan fingerprint density at radius 3 is 2.71 bits per heavy atom. The minimum Gasteiger partial charge on any atom is -0.405 e. The van der Waals surface area contributed by atoms with Gasteiger partial charge in [-0.25, -0.2) is 0 Å². The average Bonchev–Trinajstić information content (AvgIpc) is 3.16. The van der Waals surface area contributed by atoms with Gasteiger partial charge in [-0.2, -0.15) is 0 Å². The summed E-state index contributed by atoms with van der Waals surface area (Å²) in [5.41, 5.74) is 13.2. The highest BCUT2D eigenvalue weighted by molar-refractivity contribution is 5.28. The Kier molecular flexibility index (Phi) is 12.5. The maximum Gasteiger partial charge on any atom is 0.0170 e. The Morgan fingerprint density at radius 1 is 0.898 bits per heavy atom. The van der Waals surface area contributed by atoms with Gasteiger partial charge in [-0.05, 0) is 181 Å². The first-order valence-electron chi connectivity index (χ1n) is 21.7. The first-order chi connectivity index (χ1) is 24.1. The fraction of sp³-hybridized carbons (Fsp3) is 0.745. The quantitative estimate of drug-likeness (QED) is 0.216. The molecule has 0 aromatic heterocycles. The van der Waals surface area contributed by atoms with Gasteiger partial charge in [0.25, 0.3) is 0 Å². The summed E-state index contributed by atoms with van der Waals surface area (Å²) >= 11 is 0. The van der Waals surface area contributed by atoms with Crippen LogP contribution >= 0.6 is 0 Å². The Balaban J connectivity index is 1.05. The lowest BCUT2D eigenvalue weighted by atomic mass is 9.59. The molecule has 0 heterocycles. The standard InChI is InChI=1S/C47H72N2/c1-3-34(27-28-48)37-15-10-16-41(30-37)45-26-25-44(46-17-8-9-18-47(45)46)33(2)19-20-42(40-22-21-35-11-4-6-13-38(35)29-40)32-49-43-24-23-36-12-5-7-14-39(36)31-43/h5-6,12-13,20-21,27-28,33-34,36-41,43,45,47,49H,3-4,7-11,14-19,22-26,29-32,48H2,1-2H3/b28-27-,42-20+. The summed E-state index contributed by atoms with van der Waals surface area (Å²) in [5.74, 6) is 8.15. The predicted molar refractivity (Wildman–Crippen MR) is 210 cm³/mol. The van der Waals surface area contributed by atoms with Gasteiger partial charge in [0.15, 0.2) is 0 Å². The van der Waals surface area contributed by atoms with E-state index in [4.69, 9.17) is 5.73 Å². The molecule has 0 radical (unpaired) electrons. The van der Waals surface area contributed by atoms with Crippen LogP contribution in [0.25, 0.3) is 0 Å². The lowest BCUT2D eigenvalue weighted by molar-refractivity contribution is 0.111. The van der Waals surface area contributed by atoms with Gasteiger partial charge >= 0.3 is 0 Å². The average molecular weight is 665 g/mol. The molecule has 0 aromatic rings. The van der Waals surface area contributed by atoms with Gasteiger partial charge in [0.1, 0.15) is 0 Å². The van der Waals surface area contributed by atoms with Crippen LogP contribution in [0.15, 0.2) is 71.0 Å². The summed E-state index contributed by atoms with van der Waals surface area (Å²) < 4.78 is 0. The van der Waals surface area contributed by atoms with Gasteiger partial charge in [0.2, 0.25) is 0 Å². The molecule has 7 aliphatic carbocycles. The molecule has 0 aromatic carbocycles. The number of allylic oxidation sites excluding steroid dienone is 10. The number of hydrogen-bond acceptors (Lipinski definition) is 2. The van der Waals surface area contributed by atoms with E-state index in [0.29, 0.717) is 29.7 Å². The van der Waals surface area contributed by atoms with E-state index in [-0.39, 0.29) is 0 Å². The number of fused-ring (bicyclic) bond motifs is 3. The largest absolute Gasteiger partial charge is 0.405 e. The molecule has 0 bridgehead atoms. The van der Waals surface area contributed by atoms with Crippen LogP contribution in [-0.2, 0) is 0 Å². The van der Waals surface area contributed by atoms with Crippen molar-refractivity contribution >= 4 is 0 Å². The van der Waals surface area contributed by atoms with Crippen molar-refractivity contribution in [3.63, 3.8) is 0 Å². The topological polar surface area (TPSA) is 38.0 Å². The molecule has 7 rings (SSSR count).